The lowest BCUT2D eigenvalue weighted by atomic mass is 9.94. The normalized spacial score (nSPS) is 17.9. The van der Waals surface area contributed by atoms with Crippen molar-refractivity contribution in [3.05, 3.63) is 59.2 Å². The van der Waals surface area contributed by atoms with Crippen molar-refractivity contribution in [1.82, 2.24) is 0 Å². The molecule has 1 heterocycles. The van der Waals surface area contributed by atoms with Crippen LogP contribution in [0.15, 0.2) is 42.5 Å². The van der Waals surface area contributed by atoms with E-state index in [2.05, 4.69) is 61.2 Å². The summed E-state index contributed by atoms with van der Waals surface area (Å²) in [5.74, 6) is 0. The van der Waals surface area contributed by atoms with E-state index < -0.39 is 0 Å². The summed E-state index contributed by atoms with van der Waals surface area (Å²) >= 11 is 0. The first-order valence-electron chi connectivity index (χ1n) is 7.37. The molecular weight excluding hydrogens is 244 g/mol. The Morgan fingerprint density at radius 2 is 1.95 bits per heavy atom. The summed E-state index contributed by atoms with van der Waals surface area (Å²) in [6.45, 7) is 5.01. The van der Waals surface area contributed by atoms with Crippen molar-refractivity contribution in [3.8, 4) is 0 Å². The highest BCUT2D eigenvalue weighted by Crippen LogP contribution is 2.38. The van der Waals surface area contributed by atoms with E-state index in [1.165, 1.54) is 34.5 Å². The Kier molecular flexibility index (Phi) is 3.49. The van der Waals surface area contributed by atoms with Crippen molar-refractivity contribution >= 4 is 11.4 Å². The molecule has 0 aromatic heterocycles. The summed E-state index contributed by atoms with van der Waals surface area (Å²) in [6.07, 6.45) is 2.35. The summed E-state index contributed by atoms with van der Waals surface area (Å²) in [7, 11) is 0. The third-order valence-electron chi connectivity index (χ3n) is 4.24. The lowest BCUT2D eigenvalue weighted by Crippen LogP contribution is -2.34. The van der Waals surface area contributed by atoms with E-state index >= 15 is 0 Å². The summed E-state index contributed by atoms with van der Waals surface area (Å²) < 4.78 is 0. The molecular formula is C18H22N2. The second-order valence-corrected chi connectivity index (χ2v) is 5.72. The molecule has 1 aliphatic rings. The molecule has 0 spiro atoms. The van der Waals surface area contributed by atoms with Crippen LogP contribution in [-0.4, -0.2) is 6.04 Å². The first-order chi connectivity index (χ1) is 9.70. The van der Waals surface area contributed by atoms with E-state index in [1.54, 1.807) is 0 Å². The van der Waals surface area contributed by atoms with Crippen molar-refractivity contribution in [2.45, 2.75) is 39.3 Å². The number of aryl methyl sites for hydroxylation is 2. The predicted molar refractivity (Wildman–Crippen MR) is 85.4 cm³/mol. The molecule has 1 unspecified atom stereocenters. The van der Waals surface area contributed by atoms with E-state index in [4.69, 9.17) is 5.73 Å². The highest BCUT2D eigenvalue weighted by atomic mass is 15.2. The molecule has 2 aromatic carbocycles. The van der Waals surface area contributed by atoms with Crippen LogP contribution in [0.3, 0.4) is 0 Å². The fraction of sp³-hybridized carbons (Fsp3) is 0.333. The molecule has 3 rings (SSSR count). The fourth-order valence-electron chi connectivity index (χ4n) is 3.17. The van der Waals surface area contributed by atoms with E-state index in [1.807, 2.05) is 0 Å². The maximum absolute atomic E-state index is 5.96. The Morgan fingerprint density at radius 1 is 1.15 bits per heavy atom. The molecule has 0 saturated carbocycles. The van der Waals surface area contributed by atoms with Gasteiger partial charge in [0.25, 0.3) is 0 Å². The van der Waals surface area contributed by atoms with Gasteiger partial charge in [0.05, 0.1) is 0 Å². The summed E-state index contributed by atoms with van der Waals surface area (Å²) in [5, 5.41) is 0. The van der Waals surface area contributed by atoms with Crippen LogP contribution in [-0.2, 0) is 13.0 Å². The summed E-state index contributed by atoms with van der Waals surface area (Å²) in [6, 6.07) is 15.8. The van der Waals surface area contributed by atoms with E-state index in [0.29, 0.717) is 12.6 Å². The van der Waals surface area contributed by atoms with Gasteiger partial charge in [0, 0.05) is 24.0 Å². The van der Waals surface area contributed by atoms with Crippen LogP contribution in [0.4, 0.5) is 11.4 Å². The number of fused-ring (bicyclic) bond motifs is 1. The monoisotopic (exact) mass is 266 g/mol. The van der Waals surface area contributed by atoms with Crippen LogP contribution in [0.2, 0.25) is 0 Å². The zero-order valence-corrected chi connectivity index (χ0v) is 12.3. The summed E-state index contributed by atoms with van der Waals surface area (Å²) in [4.78, 5) is 2.46. The van der Waals surface area contributed by atoms with Crippen LogP contribution in [0.25, 0.3) is 0 Å². The number of hydrogen-bond acceptors (Lipinski definition) is 2. The van der Waals surface area contributed by atoms with Gasteiger partial charge in [-0.25, -0.2) is 0 Å². The third-order valence-corrected chi connectivity index (χ3v) is 4.24. The minimum absolute atomic E-state index is 0.512. The topological polar surface area (TPSA) is 29.3 Å². The van der Waals surface area contributed by atoms with Crippen LogP contribution in [0.5, 0.6) is 0 Å². The lowest BCUT2D eigenvalue weighted by molar-refractivity contribution is 0.616. The Hall–Kier alpha value is -1.80. The molecule has 2 heteroatoms. The smallest absolute Gasteiger partial charge is 0.0459 e. The summed E-state index contributed by atoms with van der Waals surface area (Å²) in [5.41, 5.74) is 12.5. The molecule has 2 N–H and O–H groups in total. The quantitative estimate of drug-likeness (QED) is 0.892. The van der Waals surface area contributed by atoms with E-state index in [9.17, 15) is 0 Å². The molecule has 0 amide bonds. The number of rotatable bonds is 2. The number of nitrogens with zero attached hydrogens (tertiary/aromatic N) is 1. The van der Waals surface area contributed by atoms with Crippen molar-refractivity contribution in [1.29, 1.82) is 0 Å². The number of anilines is 2. The Bertz CT molecular complexity index is 619. The largest absolute Gasteiger partial charge is 0.338 e. The van der Waals surface area contributed by atoms with Crippen LogP contribution in [0, 0.1) is 6.92 Å². The van der Waals surface area contributed by atoms with Gasteiger partial charge in [0.15, 0.2) is 0 Å². The second kappa shape index (κ2) is 5.29. The van der Waals surface area contributed by atoms with E-state index in [-0.39, 0.29) is 0 Å². The number of para-hydroxylation sites is 1. The molecule has 0 aliphatic carbocycles. The molecule has 20 heavy (non-hydrogen) atoms. The molecule has 2 nitrogen and oxygen atoms in total. The van der Waals surface area contributed by atoms with Crippen LogP contribution in [0.1, 0.15) is 30.0 Å². The first-order valence-corrected chi connectivity index (χ1v) is 7.37. The standard InChI is InChI=1S/C18H22N2/c1-13-7-10-18(16(11-13)12-19)20-14(2)8-9-15-5-3-4-6-17(15)20/h3-7,10-11,14H,8-9,12,19H2,1-2H3. The van der Waals surface area contributed by atoms with Crippen molar-refractivity contribution in [2.75, 3.05) is 4.90 Å². The molecule has 1 atom stereocenters. The van der Waals surface area contributed by atoms with Crippen LogP contribution >= 0.6 is 0 Å². The average Bonchev–Trinajstić information content (AvgIpc) is 2.48. The molecule has 0 saturated heterocycles. The molecule has 104 valence electrons. The highest BCUT2D eigenvalue weighted by molar-refractivity contribution is 5.71. The lowest BCUT2D eigenvalue weighted by Gasteiger charge is -2.38. The molecule has 0 fully saturated rings. The molecule has 2 aromatic rings. The van der Waals surface area contributed by atoms with Gasteiger partial charge in [-0.3, -0.25) is 0 Å². The molecule has 1 aliphatic heterocycles. The van der Waals surface area contributed by atoms with Gasteiger partial charge >= 0.3 is 0 Å². The first kappa shape index (κ1) is 13.2. The van der Waals surface area contributed by atoms with Crippen molar-refractivity contribution in [3.63, 3.8) is 0 Å². The SMILES string of the molecule is Cc1ccc(N2c3ccccc3CCC2C)c(CN)c1. The zero-order chi connectivity index (χ0) is 14.1. The van der Waals surface area contributed by atoms with Crippen LogP contribution < -0.4 is 10.6 Å². The predicted octanol–water partition coefficient (Wildman–Crippen LogP) is 3.93. The molecule has 0 bridgehead atoms. The minimum Gasteiger partial charge on any atom is -0.338 e. The van der Waals surface area contributed by atoms with E-state index in [0.717, 1.165) is 6.42 Å². The highest BCUT2D eigenvalue weighted by Gasteiger charge is 2.25. The van der Waals surface area contributed by atoms with Gasteiger partial charge in [0.2, 0.25) is 0 Å². The van der Waals surface area contributed by atoms with Crippen molar-refractivity contribution < 1.29 is 0 Å². The molecule has 0 radical (unpaired) electrons. The maximum Gasteiger partial charge on any atom is 0.0459 e. The third kappa shape index (κ3) is 2.20. The van der Waals surface area contributed by atoms with Gasteiger partial charge in [-0.2, -0.15) is 0 Å². The van der Waals surface area contributed by atoms with Gasteiger partial charge in [-0.05, 0) is 49.9 Å². The van der Waals surface area contributed by atoms with Crippen molar-refractivity contribution in [2.24, 2.45) is 5.73 Å². The second-order valence-electron chi connectivity index (χ2n) is 5.72. The van der Waals surface area contributed by atoms with Gasteiger partial charge in [0.1, 0.15) is 0 Å². The fourth-order valence-corrected chi connectivity index (χ4v) is 3.17. The van der Waals surface area contributed by atoms with Gasteiger partial charge in [-0.15, -0.1) is 0 Å². The number of hydrogen-bond donors (Lipinski definition) is 1. The minimum atomic E-state index is 0.512. The maximum atomic E-state index is 5.96. The number of benzene rings is 2. The Labute approximate surface area is 121 Å². The average molecular weight is 266 g/mol. The van der Waals surface area contributed by atoms with Gasteiger partial charge < -0.3 is 10.6 Å². The van der Waals surface area contributed by atoms with Gasteiger partial charge in [-0.1, -0.05) is 35.9 Å². The zero-order valence-electron chi connectivity index (χ0n) is 12.3. The number of nitrogens with two attached hydrogens (primary N) is 1. The Morgan fingerprint density at radius 3 is 2.75 bits per heavy atom. The Balaban J connectivity index is 2.14.